The highest BCUT2D eigenvalue weighted by Gasteiger charge is 2.72. The molecule has 12 nitrogen and oxygen atoms in total. The molecule has 5 fully saturated rings. The van der Waals surface area contributed by atoms with Gasteiger partial charge in [0, 0.05) is 35.5 Å². The maximum atomic E-state index is 15.0. The Kier molecular flexibility index (Phi) is 11.2. The average molecular weight is 749 g/mol. The number of ether oxygens (including phenoxy) is 4. The lowest BCUT2D eigenvalue weighted by atomic mass is 9.39. The zero-order chi connectivity index (χ0) is 39.2. The molecule has 0 aromatic rings. The molecule has 53 heavy (non-hydrogen) atoms. The molecular formula is C41H64O12. The lowest BCUT2D eigenvalue weighted by Gasteiger charge is -2.64. The Labute approximate surface area is 313 Å². The average Bonchev–Trinajstić information content (AvgIpc) is 3.31. The number of carbonyl (C=O) groups is 2. The lowest BCUT2D eigenvalue weighted by molar-refractivity contribution is -0.306. The van der Waals surface area contributed by atoms with E-state index < -0.39 is 83.1 Å². The van der Waals surface area contributed by atoms with Crippen LogP contribution in [0.15, 0.2) is 23.3 Å². The third-order valence-corrected chi connectivity index (χ3v) is 15.2. The van der Waals surface area contributed by atoms with Crippen LogP contribution in [0, 0.1) is 45.3 Å². The van der Waals surface area contributed by atoms with E-state index in [9.17, 15) is 35.4 Å². The molecule has 0 unspecified atom stereocenters. The summed E-state index contributed by atoms with van der Waals surface area (Å²) in [5.41, 5.74) is -0.147. The number of carbonyl (C=O) groups excluding carboxylic acids is 2. The number of aliphatic hydroxyl groups is 6. The van der Waals surface area contributed by atoms with Gasteiger partial charge in [0.1, 0.15) is 48.2 Å². The molecule has 6 rings (SSSR count). The van der Waals surface area contributed by atoms with Crippen molar-refractivity contribution in [3.63, 3.8) is 0 Å². The number of aliphatic hydroxyl groups excluding tert-OH is 6. The summed E-state index contributed by atoms with van der Waals surface area (Å²) >= 11 is 0. The first-order valence-corrected chi connectivity index (χ1v) is 19.7. The molecule has 0 amide bonds. The quantitative estimate of drug-likeness (QED) is 0.199. The van der Waals surface area contributed by atoms with Gasteiger partial charge in [0.05, 0.1) is 24.9 Å². The van der Waals surface area contributed by atoms with E-state index >= 15 is 4.79 Å². The summed E-state index contributed by atoms with van der Waals surface area (Å²) in [5.74, 6) is -0.239. The molecule has 12 heteroatoms. The van der Waals surface area contributed by atoms with E-state index in [1.54, 1.807) is 6.92 Å². The van der Waals surface area contributed by atoms with Crippen molar-refractivity contribution in [2.45, 2.75) is 168 Å². The van der Waals surface area contributed by atoms with Crippen molar-refractivity contribution in [2.75, 3.05) is 6.61 Å². The standard InChI is InChI=1S/C41H64O12/c1-19(2)24(42)13-10-20(3)30-26(52-37-35(49)33(47)31(45)21(4)51-37)16-39(7)27-14-11-22-23(41(27,9)28(44)17-40(30,39)8)12-15-29(38(22,5)6)53-36-34(48)32(46)25(43)18-50-36/h10-11,19,21,23,25-27,29-37,43,45-49H,12-18H2,1-9H3/b20-10-/t21-,23+,25+,26+,27-,29+,30-,31-,32-,33+,34+,35+,36-,37-,39-,40+,41-/m0/s1. The molecule has 0 bridgehead atoms. The second-order valence-corrected chi connectivity index (χ2v) is 18.7. The van der Waals surface area contributed by atoms with Crippen LogP contribution in [0.1, 0.15) is 101 Å². The van der Waals surface area contributed by atoms with Crippen molar-refractivity contribution < 1.29 is 59.2 Å². The number of Topliss-reactive ketones (excluding diaryl/α,β-unsaturated/α-hetero) is 2. The third kappa shape index (κ3) is 6.45. The van der Waals surface area contributed by atoms with E-state index in [1.807, 2.05) is 26.8 Å². The van der Waals surface area contributed by atoms with E-state index in [0.29, 0.717) is 32.1 Å². The Bertz CT molecular complexity index is 1470. The molecule has 6 N–H and O–H groups in total. The first kappa shape index (κ1) is 41.1. The van der Waals surface area contributed by atoms with Crippen molar-refractivity contribution in [3.8, 4) is 0 Å². The first-order chi connectivity index (χ1) is 24.6. The number of ketones is 2. The summed E-state index contributed by atoms with van der Waals surface area (Å²) in [7, 11) is 0. The van der Waals surface area contributed by atoms with Crippen molar-refractivity contribution in [1.82, 2.24) is 0 Å². The van der Waals surface area contributed by atoms with Crippen LogP contribution >= 0.6 is 0 Å². The maximum Gasteiger partial charge on any atom is 0.186 e. The molecule has 2 heterocycles. The minimum Gasteiger partial charge on any atom is -0.388 e. The van der Waals surface area contributed by atoms with Gasteiger partial charge >= 0.3 is 0 Å². The first-order valence-electron chi connectivity index (χ1n) is 19.7. The highest BCUT2D eigenvalue weighted by Crippen LogP contribution is 2.74. The number of allylic oxidation sites excluding steroid dienone is 2. The molecule has 0 spiro atoms. The smallest absolute Gasteiger partial charge is 0.186 e. The minimum atomic E-state index is -1.47. The summed E-state index contributed by atoms with van der Waals surface area (Å²) in [6, 6.07) is 0. The van der Waals surface area contributed by atoms with E-state index in [-0.39, 0.29) is 54.4 Å². The Balaban J connectivity index is 1.34. The topological polar surface area (TPSA) is 192 Å². The predicted molar refractivity (Wildman–Crippen MR) is 193 cm³/mol. The molecule has 6 aliphatic rings. The summed E-state index contributed by atoms with van der Waals surface area (Å²) < 4.78 is 24.6. The number of hydrogen-bond acceptors (Lipinski definition) is 12. The van der Waals surface area contributed by atoms with Crippen LogP contribution in [0.25, 0.3) is 0 Å². The van der Waals surface area contributed by atoms with Gasteiger partial charge in [0.25, 0.3) is 0 Å². The predicted octanol–water partition coefficient (Wildman–Crippen LogP) is 2.98. The largest absolute Gasteiger partial charge is 0.388 e. The highest BCUT2D eigenvalue weighted by atomic mass is 16.7. The van der Waals surface area contributed by atoms with Crippen LogP contribution in [-0.4, -0.2) is 116 Å². The van der Waals surface area contributed by atoms with Crippen LogP contribution in [0.5, 0.6) is 0 Å². The van der Waals surface area contributed by atoms with Crippen molar-refractivity contribution in [3.05, 3.63) is 23.3 Å². The Morgan fingerprint density at radius 3 is 2.25 bits per heavy atom. The van der Waals surface area contributed by atoms with Gasteiger partial charge < -0.3 is 49.6 Å². The fourth-order valence-electron chi connectivity index (χ4n) is 11.6. The van der Waals surface area contributed by atoms with Crippen molar-refractivity contribution in [2.24, 2.45) is 45.3 Å². The van der Waals surface area contributed by atoms with E-state index in [2.05, 4.69) is 40.7 Å². The summed E-state index contributed by atoms with van der Waals surface area (Å²) in [4.78, 5) is 27.8. The van der Waals surface area contributed by atoms with Gasteiger partial charge in [0.15, 0.2) is 12.6 Å². The van der Waals surface area contributed by atoms with Gasteiger partial charge in [-0.2, -0.15) is 0 Å². The zero-order valence-electron chi connectivity index (χ0n) is 32.9. The molecule has 0 aromatic heterocycles. The second kappa shape index (κ2) is 14.4. The third-order valence-electron chi connectivity index (χ3n) is 15.2. The monoisotopic (exact) mass is 748 g/mol. The van der Waals surface area contributed by atoms with Gasteiger partial charge in [-0.15, -0.1) is 0 Å². The van der Waals surface area contributed by atoms with Crippen LogP contribution in [-0.2, 0) is 28.5 Å². The number of hydrogen-bond donors (Lipinski definition) is 6. The zero-order valence-corrected chi connectivity index (χ0v) is 32.9. The second-order valence-electron chi connectivity index (χ2n) is 18.7. The summed E-state index contributed by atoms with van der Waals surface area (Å²) in [6.45, 7) is 18.0. The van der Waals surface area contributed by atoms with Crippen LogP contribution in [0.3, 0.4) is 0 Å². The normalized spacial score (nSPS) is 49.9. The van der Waals surface area contributed by atoms with Gasteiger partial charge in [-0.3, -0.25) is 9.59 Å². The van der Waals surface area contributed by atoms with E-state index in [4.69, 9.17) is 18.9 Å². The van der Waals surface area contributed by atoms with Crippen LogP contribution in [0.2, 0.25) is 0 Å². The molecule has 2 aliphatic heterocycles. The van der Waals surface area contributed by atoms with E-state index in [1.165, 1.54) is 0 Å². The number of rotatable bonds is 8. The van der Waals surface area contributed by atoms with Gasteiger partial charge in [-0.25, -0.2) is 0 Å². The van der Waals surface area contributed by atoms with Gasteiger partial charge in [-0.05, 0) is 62.2 Å². The Hall–Kier alpha value is -1.58. The van der Waals surface area contributed by atoms with Crippen molar-refractivity contribution >= 4 is 11.6 Å². The molecule has 300 valence electrons. The number of fused-ring (bicyclic) bond motifs is 5. The summed E-state index contributed by atoms with van der Waals surface area (Å²) in [5, 5.41) is 62.9. The molecule has 0 radical (unpaired) electrons. The minimum absolute atomic E-state index is 0.0608. The molecular weight excluding hydrogens is 684 g/mol. The van der Waals surface area contributed by atoms with Gasteiger partial charge in [0.2, 0.25) is 0 Å². The van der Waals surface area contributed by atoms with Crippen LogP contribution < -0.4 is 0 Å². The summed E-state index contributed by atoms with van der Waals surface area (Å²) in [6.07, 6.45) is -4.79. The molecule has 4 aliphatic carbocycles. The van der Waals surface area contributed by atoms with Crippen LogP contribution in [0.4, 0.5) is 0 Å². The maximum absolute atomic E-state index is 15.0. The SMILES string of the molecule is C/C(=C/CC(=O)C(C)C)[C@H]1[C@H](O[C@@H]2O[C@@H](C)[C@H](O)[C@@H](O)[C@H]2O)C[C@@]2(C)[C@@H]3CC=C4[C@@H](CC[C@@H](O[C@@H]5OC[C@@H](O)[C@H](O)[C@H]5O)C4(C)C)[C@]3(C)C(=O)C[C@]12C. The Morgan fingerprint density at radius 1 is 0.925 bits per heavy atom. The van der Waals surface area contributed by atoms with Crippen molar-refractivity contribution in [1.29, 1.82) is 0 Å². The highest BCUT2D eigenvalue weighted by molar-refractivity contribution is 5.88. The van der Waals surface area contributed by atoms with Gasteiger partial charge in [-0.1, -0.05) is 71.8 Å². The fourth-order valence-corrected chi connectivity index (χ4v) is 11.6. The Morgan fingerprint density at radius 2 is 1.58 bits per heavy atom. The molecule has 2 saturated heterocycles. The molecule has 3 saturated carbocycles. The van der Waals surface area contributed by atoms with E-state index in [0.717, 1.165) is 11.1 Å². The molecule has 17 atom stereocenters. The lowest BCUT2D eigenvalue weighted by Crippen LogP contribution is -2.63. The molecule has 0 aromatic carbocycles. The fraction of sp³-hybridized carbons (Fsp3) is 0.854.